The predicted octanol–water partition coefficient (Wildman–Crippen LogP) is 5.33. The number of carbonyl (C=O) groups is 1. The number of thiazole rings is 1. The molecule has 0 saturated carbocycles. The number of hydrogen-bond acceptors (Lipinski definition) is 4. The molecule has 146 valence electrons. The molecule has 5 heteroatoms. The molecular formula is C23H26N2O2S. The molecule has 4 nitrogen and oxygen atoms in total. The van der Waals surface area contributed by atoms with E-state index in [-0.39, 0.29) is 11.9 Å². The summed E-state index contributed by atoms with van der Waals surface area (Å²) in [6, 6.07) is 16.8. The van der Waals surface area contributed by atoms with E-state index >= 15 is 0 Å². The summed E-state index contributed by atoms with van der Waals surface area (Å²) in [5.41, 5.74) is 4.48. The van der Waals surface area contributed by atoms with Crippen molar-refractivity contribution in [1.82, 2.24) is 10.3 Å². The van der Waals surface area contributed by atoms with E-state index in [1.165, 1.54) is 5.56 Å². The largest absolute Gasteiger partial charge is 0.494 e. The maximum absolute atomic E-state index is 11.1. The van der Waals surface area contributed by atoms with Crippen LogP contribution < -0.4 is 10.1 Å². The molecule has 1 amide bonds. The van der Waals surface area contributed by atoms with Crippen LogP contribution in [0.1, 0.15) is 32.8 Å². The van der Waals surface area contributed by atoms with Gasteiger partial charge in [0.05, 0.1) is 12.3 Å². The Balaban J connectivity index is 1.64. The number of rotatable bonds is 8. The Bertz CT molecular complexity index is 901. The van der Waals surface area contributed by atoms with E-state index in [1.807, 2.05) is 38.1 Å². The van der Waals surface area contributed by atoms with Crippen LogP contribution in [0.3, 0.4) is 0 Å². The first-order valence-corrected chi connectivity index (χ1v) is 10.5. The number of nitrogens with one attached hydrogen (secondary N) is 1. The fraction of sp³-hybridized carbons (Fsp3) is 0.304. The van der Waals surface area contributed by atoms with Gasteiger partial charge in [-0.1, -0.05) is 24.3 Å². The van der Waals surface area contributed by atoms with Crippen molar-refractivity contribution in [3.05, 3.63) is 59.5 Å². The SMILES string of the molecule is CCOc1ccc(-c2nc(-c3ccc(CC[C@H](C)NC(C)=O)cc3)cs2)cc1. The highest BCUT2D eigenvalue weighted by Gasteiger charge is 2.08. The molecule has 1 aromatic heterocycles. The Morgan fingerprint density at radius 2 is 1.79 bits per heavy atom. The quantitative estimate of drug-likeness (QED) is 0.561. The number of amides is 1. The minimum Gasteiger partial charge on any atom is -0.494 e. The summed E-state index contributed by atoms with van der Waals surface area (Å²) in [4.78, 5) is 15.9. The molecule has 1 atom stereocenters. The summed E-state index contributed by atoms with van der Waals surface area (Å²) in [5, 5.41) is 6.03. The van der Waals surface area contributed by atoms with Crippen LogP contribution in [0.4, 0.5) is 0 Å². The van der Waals surface area contributed by atoms with Gasteiger partial charge in [-0.2, -0.15) is 0 Å². The summed E-state index contributed by atoms with van der Waals surface area (Å²) in [7, 11) is 0. The lowest BCUT2D eigenvalue weighted by Crippen LogP contribution is -2.30. The second-order valence-electron chi connectivity index (χ2n) is 6.83. The second-order valence-corrected chi connectivity index (χ2v) is 7.69. The van der Waals surface area contributed by atoms with Crippen LogP contribution in [0.5, 0.6) is 5.75 Å². The minimum absolute atomic E-state index is 0.0229. The normalized spacial score (nSPS) is 11.8. The number of carbonyl (C=O) groups excluding carboxylic acids is 1. The van der Waals surface area contributed by atoms with Gasteiger partial charge in [0.25, 0.3) is 0 Å². The van der Waals surface area contributed by atoms with Crippen LogP contribution in [0.2, 0.25) is 0 Å². The van der Waals surface area contributed by atoms with E-state index in [1.54, 1.807) is 18.3 Å². The molecule has 0 saturated heterocycles. The summed E-state index contributed by atoms with van der Waals surface area (Å²) < 4.78 is 5.50. The fourth-order valence-electron chi connectivity index (χ4n) is 3.04. The lowest BCUT2D eigenvalue weighted by molar-refractivity contribution is -0.119. The molecule has 0 unspecified atom stereocenters. The molecule has 0 radical (unpaired) electrons. The molecule has 0 bridgehead atoms. The first-order valence-electron chi connectivity index (χ1n) is 9.60. The predicted molar refractivity (Wildman–Crippen MR) is 116 cm³/mol. The zero-order chi connectivity index (χ0) is 19.9. The zero-order valence-corrected chi connectivity index (χ0v) is 17.4. The molecule has 1 N–H and O–H groups in total. The molecule has 0 spiro atoms. The summed E-state index contributed by atoms with van der Waals surface area (Å²) in [6.07, 6.45) is 1.87. The molecule has 0 aliphatic heterocycles. The molecule has 28 heavy (non-hydrogen) atoms. The van der Waals surface area contributed by atoms with Crippen molar-refractivity contribution in [1.29, 1.82) is 0 Å². The number of benzene rings is 2. The van der Waals surface area contributed by atoms with Crippen LogP contribution in [-0.4, -0.2) is 23.5 Å². The van der Waals surface area contributed by atoms with Gasteiger partial charge in [0.1, 0.15) is 10.8 Å². The van der Waals surface area contributed by atoms with E-state index < -0.39 is 0 Å². The van der Waals surface area contributed by atoms with Crippen LogP contribution in [0.25, 0.3) is 21.8 Å². The van der Waals surface area contributed by atoms with Gasteiger partial charge in [-0.3, -0.25) is 4.79 Å². The zero-order valence-electron chi connectivity index (χ0n) is 16.6. The van der Waals surface area contributed by atoms with E-state index in [2.05, 4.69) is 35.0 Å². The highest BCUT2D eigenvalue weighted by atomic mass is 32.1. The Hall–Kier alpha value is -2.66. The minimum atomic E-state index is 0.0229. The van der Waals surface area contributed by atoms with Crippen molar-refractivity contribution < 1.29 is 9.53 Å². The maximum Gasteiger partial charge on any atom is 0.217 e. The summed E-state index contributed by atoms with van der Waals surface area (Å²) in [5.74, 6) is 0.904. The van der Waals surface area contributed by atoms with Gasteiger partial charge in [0.15, 0.2) is 0 Å². The van der Waals surface area contributed by atoms with Gasteiger partial charge in [-0.05, 0) is 56.5 Å². The number of nitrogens with zero attached hydrogens (tertiary/aromatic N) is 1. The average Bonchev–Trinajstić information content (AvgIpc) is 3.17. The Labute approximate surface area is 170 Å². The van der Waals surface area contributed by atoms with Crippen LogP contribution in [0.15, 0.2) is 53.9 Å². The van der Waals surface area contributed by atoms with Gasteiger partial charge in [-0.15, -0.1) is 11.3 Å². The Morgan fingerprint density at radius 1 is 1.11 bits per heavy atom. The van der Waals surface area contributed by atoms with E-state index in [0.717, 1.165) is 40.4 Å². The lowest BCUT2D eigenvalue weighted by atomic mass is 10.0. The molecule has 0 aliphatic carbocycles. The number of aryl methyl sites for hydroxylation is 1. The molecular weight excluding hydrogens is 368 g/mol. The van der Waals surface area contributed by atoms with Crippen molar-refractivity contribution in [3.8, 4) is 27.6 Å². The van der Waals surface area contributed by atoms with E-state index in [4.69, 9.17) is 9.72 Å². The van der Waals surface area contributed by atoms with Crippen LogP contribution >= 0.6 is 11.3 Å². The van der Waals surface area contributed by atoms with Gasteiger partial charge < -0.3 is 10.1 Å². The number of ether oxygens (including phenoxy) is 1. The van der Waals surface area contributed by atoms with Crippen LogP contribution in [-0.2, 0) is 11.2 Å². The van der Waals surface area contributed by atoms with Gasteiger partial charge in [0.2, 0.25) is 5.91 Å². The van der Waals surface area contributed by atoms with Gasteiger partial charge in [-0.25, -0.2) is 4.98 Å². The summed E-state index contributed by atoms with van der Waals surface area (Å²) in [6.45, 7) is 6.24. The maximum atomic E-state index is 11.1. The van der Waals surface area contributed by atoms with Crippen molar-refractivity contribution in [2.45, 2.75) is 39.7 Å². The third-order valence-corrected chi connectivity index (χ3v) is 5.37. The molecule has 1 heterocycles. The molecule has 3 rings (SSSR count). The molecule has 0 aliphatic rings. The smallest absolute Gasteiger partial charge is 0.217 e. The van der Waals surface area contributed by atoms with Crippen LogP contribution in [0, 0.1) is 0 Å². The molecule has 2 aromatic carbocycles. The number of hydrogen-bond donors (Lipinski definition) is 1. The first-order chi connectivity index (χ1) is 13.5. The first kappa shape index (κ1) is 20.1. The fourth-order valence-corrected chi connectivity index (χ4v) is 3.88. The molecule has 0 fully saturated rings. The van der Waals surface area contributed by atoms with Gasteiger partial charge in [0, 0.05) is 29.5 Å². The highest BCUT2D eigenvalue weighted by molar-refractivity contribution is 7.13. The van der Waals surface area contributed by atoms with E-state index in [9.17, 15) is 4.79 Å². The Morgan fingerprint density at radius 3 is 2.43 bits per heavy atom. The second kappa shape index (κ2) is 9.51. The monoisotopic (exact) mass is 394 g/mol. The third-order valence-electron chi connectivity index (χ3n) is 4.48. The third kappa shape index (κ3) is 5.42. The van der Waals surface area contributed by atoms with Gasteiger partial charge >= 0.3 is 0 Å². The van der Waals surface area contributed by atoms with Crippen molar-refractivity contribution >= 4 is 17.2 Å². The molecule has 3 aromatic rings. The number of aromatic nitrogens is 1. The average molecular weight is 395 g/mol. The van der Waals surface area contributed by atoms with Crippen molar-refractivity contribution in [2.24, 2.45) is 0 Å². The lowest BCUT2D eigenvalue weighted by Gasteiger charge is -2.12. The van der Waals surface area contributed by atoms with E-state index in [0.29, 0.717) is 6.61 Å². The Kier molecular flexibility index (Phi) is 6.82. The topological polar surface area (TPSA) is 51.2 Å². The highest BCUT2D eigenvalue weighted by Crippen LogP contribution is 2.30. The standard InChI is InChI=1S/C23H26N2O2S/c1-4-27-21-13-11-20(12-14-21)23-25-22(15-28-23)19-9-7-18(8-10-19)6-5-16(2)24-17(3)26/h7-16H,4-6H2,1-3H3,(H,24,26)/t16-/m0/s1. The van der Waals surface area contributed by atoms with Crippen molar-refractivity contribution in [2.75, 3.05) is 6.61 Å². The summed E-state index contributed by atoms with van der Waals surface area (Å²) >= 11 is 1.65. The van der Waals surface area contributed by atoms with Crippen molar-refractivity contribution in [3.63, 3.8) is 0 Å².